The summed E-state index contributed by atoms with van der Waals surface area (Å²) in [5.74, 6) is 1.67. The van der Waals surface area contributed by atoms with Gasteiger partial charge in [-0.15, -0.1) is 0 Å². The molecular weight excluding hydrogens is 178 g/mol. The molecule has 0 bridgehead atoms. The van der Waals surface area contributed by atoms with Crippen molar-refractivity contribution in [1.82, 2.24) is 10.6 Å². The van der Waals surface area contributed by atoms with Crippen LogP contribution in [0.4, 0.5) is 0 Å². The van der Waals surface area contributed by atoms with Crippen LogP contribution in [-0.4, -0.2) is 36.3 Å². The van der Waals surface area contributed by atoms with Crippen molar-refractivity contribution >= 4 is 5.96 Å². The highest BCUT2D eigenvalue weighted by Crippen LogP contribution is 2.29. The van der Waals surface area contributed by atoms with Crippen molar-refractivity contribution in [3.63, 3.8) is 0 Å². The van der Waals surface area contributed by atoms with Crippen molar-refractivity contribution in [3.8, 4) is 0 Å². The highest BCUT2D eigenvalue weighted by Gasteiger charge is 2.25. The third-order valence-corrected chi connectivity index (χ3v) is 3.19. The van der Waals surface area contributed by atoms with Crippen molar-refractivity contribution in [1.29, 1.82) is 0 Å². The van der Waals surface area contributed by atoms with Crippen LogP contribution in [0.2, 0.25) is 0 Å². The fourth-order valence-electron chi connectivity index (χ4n) is 1.90. The molecule has 0 aromatic carbocycles. The van der Waals surface area contributed by atoms with Gasteiger partial charge in [-0.3, -0.25) is 4.99 Å². The first kappa shape index (κ1) is 9.77. The molecule has 0 saturated heterocycles. The number of β-amino-alcohol motifs (C(OH)–C–C–N with tert-alkyl or cyclic N) is 1. The fourth-order valence-corrected chi connectivity index (χ4v) is 1.90. The normalized spacial score (nSPS) is 29.9. The van der Waals surface area contributed by atoms with Gasteiger partial charge in [-0.2, -0.15) is 0 Å². The minimum atomic E-state index is -0.320. The largest absolute Gasteiger partial charge is 0.389 e. The molecular formula is C10H19N3O. The first-order valence-electron chi connectivity index (χ1n) is 5.48. The van der Waals surface area contributed by atoms with Crippen LogP contribution in [0.5, 0.6) is 0 Å². The van der Waals surface area contributed by atoms with Crippen LogP contribution >= 0.6 is 0 Å². The third kappa shape index (κ3) is 2.18. The molecule has 1 heterocycles. The molecule has 1 fully saturated rings. The number of aliphatic hydroxyl groups is 1. The van der Waals surface area contributed by atoms with E-state index in [0.717, 1.165) is 11.9 Å². The van der Waals surface area contributed by atoms with Crippen LogP contribution in [0, 0.1) is 5.92 Å². The fraction of sp³-hybridized carbons (Fsp3) is 0.900. The molecule has 2 aliphatic rings. The predicted octanol–water partition coefficient (Wildman–Crippen LogP) is 0.0847. The topological polar surface area (TPSA) is 56.7 Å². The molecule has 14 heavy (non-hydrogen) atoms. The van der Waals surface area contributed by atoms with E-state index in [2.05, 4.69) is 22.5 Å². The van der Waals surface area contributed by atoms with Gasteiger partial charge < -0.3 is 15.7 Å². The number of nitrogens with one attached hydrogen (secondary N) is 2. The monoisotopic (exact) mass is 197 g/mol. The third-order valence-electron chi connectivity index (χ3n) is 3.19. The molecule has 0 spiro atoms. The first-order valence-corrected chi connectivity index (χ1v) is 5.48. The van der Waals surface area contributed by atoms with E-state index in [4.69, 9.17) is 0 Å². The van der Waals surface area contributed by atoms with Gasteiger partial charge >= 0.3 is 0 Å². The summed E-state index contributed by atoms with van der Waals surface area (Å²) in [5.41, 5.74) is 0. The summed E-state index contributed by atoms with van der Waals surface area (Å²) in [5, 5.41) is 15.7. The molecule has 1 aliphatic heterocycles. The second-order valence-electron chi connectivity index (χ2n) is 4.35. The molecule has 80 valence electrons. The molecule has 2 rings (SSSR count). The number of guanidine groups is 1. The average Bonchev–Trinajstić information content (AvgIpc) is 2.06. The molecule has 0 aromatic rings. The molecule has 4 heteroatoms. The van der Waals surface area contributed by atoms with Gasteiger partial charge in [0, 0.05) is 12.6 Å². The van der Waals surface area contributed by atoms with Crippen molar-refractivity contribution in [2.45, 2.75) is 38.3 Å². The van der Waals surface area contributed by atoms with Crippen LogP contribution in [-0.2, 0) is 0 Å². The van der Waals surface area contributed by atoms with Crippen LogP contribution in [0.1, 0.15) is 26.2 Å². The summed E-state index contributed by atoms with van der Waals surface area (Å²) in [6.07, 6.45) is 3.73. The molecule has 0 radical (unpaired) electrons. The highest BCUT2D eigenvalue weighted by atomic mass is 16.3. The maximum atomic E-state index is 9.23. The minimum absolute atomic E-state index is 0.320. The molecule has 2 unspecified atom stereocenters. The first-order chi connectivity index (χ1) is 6.75. The van der Waals surface area contributed by atoms with Gasteiger partial charge in [0.25, 0.3) is 0 Å². The van der Waals surface area contributed by atoms with E-state index in [9.17, 15) is 5.11 Å². The predicted molar refractivity (Wildman–Crippen MR) is 56.3 cm³/mol. The Kier molecular flexibility index (Phi) is 2.91. The summed E-state index contributed by atoms with van der Waals surface area (Å²) in [6, 6.07) is 0.505. The zero-order valence-corrected chi connectivity index (χ0v) is 8.66. The summed E-state index contributed by atoms with van der Waals surface area (Å²) in [4.78, 5) is 4.24. The van der Waals surface area contributed by atoms with E-state index in [-0.39, 0.29) is 6.10 Å². The van der Waals surface area contributed by atoms with E-state index in [0.29, 0.717) is 19.1 Å². The van der Waals surface area contributed by atoms with Gasteiger partial charge in [0.1, 0.15) is 0 Å². The lowest BCUT2D eigenvalue weighted by molar-refractivity contribution is 0.179. The molecule has 3 N–H and O–H groups in total. The lowest BCUT2D eigenvalue weighted by Gasteiger charge is -2.33. The number of aliphatic hydroxyl groups excluding tert-OH is 1. The van der Waals surface area contributed by atoms with E-state index in [1.54, 1.807) is 0 Å². The zero-order chi connectivity index (χ0) is 9.97. The Morgan fingerprint density at radius 3 is 2.86 bits per heavy atom. The Hall–Kier alpha value is -0.770. The van der Waals surface area contributed by atoms with Crippen molar-refractivity contribution < 1.29 is 5.11 Å². The quantitative estimate of drug-likeness (QED) is 0.588. The summed E-state index contributed by atoms with van der Waals surface area (Å²) in [7, 11) is 0. The van der Waals surface area contributed by atoms with Gasteiger partial charge in [-0.25, -0.2) is 0 Å². The Labute approximate surface area is 84.8 Å². The number of nitrogens with zero attached hydrogens (tertiary/aromatic N) is 1. The van der Waals surface area contributed by atoms with Gasteiger partial charge in [0.15, 0.2) is 5.96 Å². The van der Waals surface area contributed by atoms with Crippen molar-refractivity contribution in [2.24, 2.45) is 10.9 Å². The van der Waals surface area contributed by atoms with E-state index in [1.165, 1.54) is 19.3 Å². The molecule has 0 amide bonds. The Balaban J connectivity index is 1.78. The van der Waals surface area contributed by atoms with Crippen molar-refractivity contribution in [2.75, 3.05) is 13.1 Å². The highest BCUT2D eigenvalue weighted by molar-refractivity contribution is 5.80. The Morgan fingerprint density at radius 1 is 1.57 bits per heavy atom. The van der Waals surface area contributed by atoms with Crippen LogP contribution in [0.3, 0.4) is 0 Å². The maximum absolute atomic E-state index is 9.23. The molecule has 2 atom stereocenters. The summed E-state index contributed by atoms with van der Waals surface area (Å²) >= 11 is 0. The van der Waals surface area contributed by atoms with Gasteiger partial charge in [-0.05, 0) is 25.7 Å². The standard InChI is InChI=1S/C10H19N3O/c1-7(8-3-2-4-8)13-10-11-5-9(14)6-12-10/h7-9,14H,2-6H2,1H3,(H2,11,12,13). The number of rotatable bonds is 2. The lowest BCUT2D eigenvalue weighted by atomic mass is 9.80. The zero-order valence-electron chi connectivity index (χ0n) is 8.66. The SMILES string of the molecule is CC(NC1=NCC(O)CN1)C1CCC1. The van der Waals surface area contributed by atoms with Gasteiger partial charge in [0.05, 0.1) is 12.6 Å². The van der Waals surface area contributed by atoms with E-state index >= 15 is 0 Å². The molecule has 0 aromatic heterocycles. The lowest BCUT2D eigenvalue weighted by Crippen LogP contribution is -2.51. The summed E-state index contributed by atoms with van der Waals surface area (Å²) in [6.45, 7) is 3.34. The van der Waals surface area contributed by atoms with E-state index in [1.807, 2.05) is 0 Å². The Bertz CT molecular complexity index is 225. The number of aliphatic imine (C=N–C) groups is 1. The van der Waals surface area contributed by atoms with Crippen LogP contribution in [0.15, 0.2) is 4.99 Å². The van der Waals surface area contributed by atoms with Crippen molar-refractivity contribution in [3.05, 3.63) is 0 Å². The smallest absolute Gasteiger partial charge is 0.191 e. The number of hydrogen-bond donors (Lipinski definition) is 3. The second-order valence-corrected chi connectivity index (χ2v) is 4.35. The number of hydrogen-bond acceptors (Lipinski definition) is 4. The van der Waals surface area contributed by atoms with E-state index < -0.39 is 0 Å². The van der Waals surface area contributed by atoms with Gasteiger partial charge in [-0.1, -0.05) is 6.42 Å². The van der Waals surface area contributed by atoms with Crippen LogP contribution in [0.25, 0.3) is 0 Å². The average molecular weight is 197 g/mol. The molecule has 1 aliphatic carbocycles. The molecule has 1 saturated carbocycles. The Morgan fingerprint density at radius 2 is 2.36 bits per heavy atom. The minimum Gasteiger partial charge on any atom is -0.389 e. The van der Waals surface area contributed by atoms with Gasteiger partial charge in [0.2, 0.25) is 0 Å². The maximum Gasteiger partial charge on any atom is 0.191 e. The summed E-state index contributed by atoms with van der Waals surface area (Å²) < 4.78 is 0. The second kappa shape index (κ2) is 4.17. The molecule has 4 nitrogen and oxygen atoms in total. The van der Waals surface area contributed by atoms with Crippen LogP contribution < -0.4 is 10.6 Å².